The van der Waals surface area contributed by atoms with E-state index in [0.29, 0.717) is 23.8 Å². The summed E-state index contributed by atoms with van der Waals surface area (Å²) >= 11 is 0. The first-order valence-corrected chi connectivity index (χ1v) is 10.3. The Bertz CT molecular complexity index is 1100. The molecule has 0 aromatic carbocycles. The summed E-state index contributed by atoms with van der Waals surface area (Å²) in [6.45, 7) is 4.55. The number of piperazine rings is 1. The molecule has 0 spiro atoms. The summed E-state index contributed by atoms with van der Waals surface area (Å²) in [7, 11) is 0. The molecule has 2 aliphatic carbocycles. The molecule has 8 heteroatoms. The van der Waals surface area contributed by atoms with Gasteiger partial charge < -0.3 is 14.9 Å². The number of aliphatic hydroxyl groups is 1. The Balaban J connectivity index is 1.46. The lowest BCUT2D eigenvalue weighted by Gasteiger charge is -2.42. The molecule has 3 heterocycles. The highest BCUT2D eigenvalue weighted by atomic mass is 16.3. The summed E-state index contributed by atoms with van der Waals surface area (Å²) in [5.74, 6) is 0.676. The minimum Gasteiger partial charge on any atom is -0.389 e. The predicted octanol–water partition coefficient (Wildman–Crippen LogP) is 1.66. The van der Waals surface area contributed by atoms with Crippen molar-refractivity contribution in [2.45, 2.75) is 31.9 Å². The van der Waals surface area contributed by atoms with Gasteiger partial charge in [-0.05, 0) is 25.5 Å². The molecular weight excluding hydrogens is 380 g/mol. The van der Waals surface area contributed by atoms with E-state index in [1.807, 2.05) is 18.2 Å². The summed E-state index contributed by atoms with van der Waals surface area (Å²) < 4.78 is 1.73. The number of aliphatic hydroxyl groups excluding tert-OH is 1. The second-order valence-corrected chi connectivity index (χ2v) is 7.89. The van der Waals surface area contributed by atoms with E-state index < -0.39 is 0 Å². The summed E-state index contributed by atoms with van der Waals surface area (Å²) in [6.07, 6.45) is 12.2. The van der Waals surface area contributed by atoms with Crippen LogP contribution in [0.2, 0.25) is 0 Å². The molecule has 2 aromatic heterocycles. The standard InChI is InChI=1S/C22H24N6O2/c1-15-13-26(16-4-6-18(29)7-5-16)10-11-27(15)22-25-20(19-8-9-23-14-24-19)12-21(30)28(22)17-2-3-17/h2,4-6,8-9,12,14-15,18,29H,3,7,10-11,13H2,1H3/t15-,18?/m1/s1. The average molecular weight is 404 g/mol. The number of hydrogen-bond acceptors (Lipinski definition) is 7. The molecule has 30 heavy (non-hydrogen) atoms. The Morgan fingerprint density at radius 2 is 2.07 bits per heavy atom. The predicted molar refractivity (Wildman–Crippen MR) is 115 cm³/mol. The van der Waals surface area contributed by atoms with Crippen LogP contribution in [0.3, 0.4) is 0 Å². The molecule has 0 bridgehead atoms. The van der Waals surface area contributed by atoms with Crippen molar-refractivity contribution in [2.75, 3.05) is 24.5 Å². The summed E-state index contributed by atoms with van der Waals surface area (Å²) in [5, 5.41) is 9.69. The van der Waals surface area contributed by atoms with Crippen molar-refractivity contribution in [1.29, 1.82) is 0 Å². The average Bonchev–Trinajstić information content (AvgIpc) is 3.59. The fourth-order valence-corrected chi connectivity index (χ4v) is 4.06. The minimum absolute atomic E-state index is 0.0844. The zero-order chi connectivity index (χ0) is 20.7. The Morgan fingerprint density at radius 1 is 1.20 bits per heavy atom. The quantitative estimate of drug-likeness (QED) is 0.829. The third-order valence-electron chi connectivity index (χ3n) is 5.73. The molecule has 1 aliphatic heterocycles. The van der Waals surface area contributed by atoms with Crippen LogP contribution in [0.25, 0.3) is 17.1 Å². The molecule has 1 saturated heterocycles. The minimum atomic E-state index is -0.387. The first-order chi connectivity index (χ1) is 14.6. The number of rotatable bonds is 4. The molecule has 1 unspecified atom stereocenters. The van der Waals surface area contributed by atoms with Gasteiger partial charge in [0.05, 0.1) is 17.5 Å². The van der Waals surface area contributed by atoms with Crippen molar-refractivity contribution < 1.29 is 5.11 Å². The van der Waals surface area contributed by atoms with E-state index in [-0.39, 0.29) is 17.7 Å². The zero-order valence-corrected chi connectivity index (χ0v) is 16.8. The number of nitrogens with zero attached hydrogens (tertiary/aromatic N) is 6. The highest BCUT2D eigenvalue weighted by molar-refractivity contribution is 5.67. The summed E-state index contributed by atoms with van der Waals surface area (Å²) in [5.41, 5.74) is 3.27. The molecule has 154 valence electrons. The van der Waals surface area contributed by atoms with E-state index in [1.165, 1.54) is 6.33 Å². The van der Waals surface area contributed by atoms with Gasteiger partial charge >= 0.3 is 0 Å². The largest absolute Gasteiger partial charge is 0.389 e. The van der Waals surface area contributed by atoms with Gasteiger partial charge in [0, 0.05) is 55.8 Å². The van der Waals surface area contributed by atoms with Crippen molar-refractivity contribution in [3.05, 3.63) is 65.0 Å². The van der Waals surface area contributed by atoms with Crippen LogP contribution in [0.15, 0.2) is 59.5 Å². The van der Waals surface area contributed by atoms with Gasteiger partial charge in [0.15, 0.2) is 0 Å². The number of hydrogen-bond donors (Lipinski definition) is 1. The van der Waals surface area contributed by atoms with Crippen LogP contribution in [0.4, 0.5) is 5.95 Å². The Morgan fingerprint density at radius 3 is 2.73 bits per heavy atom. The SMILES string of the molecule is C[C@@H]1CN(C2=CCC(O)C=C2)CCN1c1nc(-c2ccncn2)cc(=O)n1C1=CC1. The van der Waals surface area contributed by atoms with Gasteiger partial charge in [-0.3, -0.25) is 9.36 Å². The van der Waals surface area contributed by atoms with Crippen LogP contribution >= 0.6 is 0 Å². The monoisotopic (exact) mass is 404 g/mol. The van der Waals surface area contributed by atoms with Crippen LogP contribution in [0.1, 0.15) is 19.8 Å². The van der Waals surface area contributed by atoms with E-state index in [9.17, 15) is 9.90 Å². The lowest BCUT2D eigenvalue weighted by atomic mass is 10.1. The van der Waals surface area contributed by atoms with E-state index in [0.717, 1.165) is 37.4 Å². The second kappa shape index (κ2) is 7.53. The van der Waals surface area contributed by atoms with Crippen molar-refractivity contribution >= 4 is 11.6 Å². The maximum Gasteiger partial charge on any atom is 0.259 e. The third kappa shape index (κ3) is 3.54. The molecule has 5 rings (SSSR count). The third-order valence-corrected chi connectivity index (χ3v) is 5.73. The van der Waals surface area contributed by atoms with Gasteiger partial charge in [-0.1, -0.05) is 18.2 Å². The summed E-state index contributed by atoms with van der Waals surface area (Å²) in [4.78, 5) is 30.6. The van der Waals surface area contributed by atoms with Gasteiger partial charge in [-0.25, -0.2) is 15.0 Å². The van der Waals surface area contributed by atoms with Gasteiger partial charge in [0.2, 0.25) is 5.95 Å². The van der Waals surface area contributed by atoms with Crippen molar-refractivity contribution in [3.63, 3.8) is 0 Å². The van der Waals surface area contributed by atoms with Crippen LogP contribution in [-0.2, 0) is 0 Å². The van der Waals surface area contributed by atoms with Gasteiger partial charge in [-0.15, -0.1) is 0 Å². The molecule has 1 N–H and O–H groups in total. The van der Waals surface area contributed by atoms with Crippen molar-refractivity contribution in [3.8, 4) is 11.4 Å². The molecule has 0 radical (unpaired) electrons. The number of allylic oxidation sites excluding steroid dienone is 3. The van der Waals surface area contributed by atoms with Gasteiger partial charge in [0.1, 0.15) is 6.33 Å². The first-order valence-electron chi connectivity index (χ1n) is 10.3. The fraction of sp³-hybridized carbons (Fsp3) is 0.364. The van der Waals surface area contributed by atoms with Crippen molar-refractivity contribution in [2.24, 2.45) is 0 Å². The van der Waals surface area contributed by atoms with E-state index in [4.69, 9.17) is 4.98 Å². The highest BCUT2D eigenvalue weighted by Crippen LogP contribution is 2.30. The number of aromatic nitrogens is 4. The molecule has 0 amide bonds. The molecule has 0 saturated carbocycles. The first kappa shape index (κ1) is 18.7. The second-order valence-electron chi connectivity index (χ2n) is 7.89. The summed E-state index contributed by atoms with van der Waals surface area (Å²) in [6, 6.07) is 3.48. The van der Waals surface area contributed by atoms with Crippen molar-refractivity contribution in [1.82, 2.24) is 24.4 Å². The van der Waals surface area contributed by atoms with E-state index in [1.54, 1.807) is 22.9 Å². The van der Waals surface area contributed by atoms with Gasteiger partial charge in [-0.2, -0.15) is 0 Å². The van der Waals surface area contributed by atoms with Crippen LogP contribution in [0.5, 0.6) is 0 Å². The zero-order valence-electron chi connectivity index (χ0n) is 16.8. The molecule has 2 atom stereocenters. The maximum atomic E-state index is 13.0. The molecular formula is C22H24N6O2. The van der Waals surface area contributed by atoms with E-state index >= 15 is 0 Å². The lowest BCUT2D eigenvalue weighted by molar-refractivity contribution is 0.220. The Labute approximate surface area is 174 Å². The molecule has 3 aliphatic rings. The topological polar surface area (TPSA) is 87.4 Å². The maximum absolute atomic E-state index is 13.0. The Kier molecular flexibility index (Phi) is 4.71. The Hall–Kier alpha value is -3.26. The molecule has 8 nitrogen and oxygen atoms in total. The fourth-order valence-electron chi connectivity index (χ4n) is 4.06. The molecule has 2 aromatic rings. The molecule has 1 fully saturated rings. The van der Waals surface area contributed by atoms with Crippen LogP contribution in [-0.4, -0.2) is 61.3 Å². The number of anilines is 1. The van der Waals surface area contributed by atoms with Gasteiger partial charge in [0.25, 0.3) is 5.56 Å². The van der Waals surface area contributed by atoms with Crippen LogP contribution in [0, 0.1) is 0 Å². The normalized spacial score (nSPS) is 23.3. The van der Waals surface area contributed by atoms with E-state index in [2.05, 4.69) is 32.8 Å². The lowest BCUT2D eigenvalue weighted by Crippen LogP contribution is -2.53. The highest BCUT2D eigenvalue weighted by Gasteiger charge is 2.30. The van der Waals surface area contributed by atoms with Crippen LogP contribution < -0.4 is 10.5 Å². The smallest absolute Gasteiger partial charge is 0.259 e.